The van der Waals surface area contributed by atoms with E-state index < -0.39 is 0 Å². The first kappa shape index (κ1) is 17.0. The zero-order chi connectivity index (χ0) is 17.1. The first-order valence-corrected chi connectivity index (χ1v) is 8.67. The highest BCUT2D eigenvalue weighted by atomic mass is 15.4. The Morgan fingerprint density at radius 3 is 2.71 bits per heavy atom. The summed E-state index contributed by atoms with van der Waals surface area (Å²) in [4.78, 5) is 11.8. The Morgan fingerprint density at radius 2 is 1.96 bits per heavy atom. The van der Waals surface area contributed by atoms with Crippen molar-refractivity contribution in [2.24, 2.45) is 11.7 Å². The molecule has 7 heteroatoms. The largest absolute Gasteiger partial charge is 0.325 e. The predicted octanol–water partition coefficient (Wildman–Crippen LogP) is 1.36. The summed E-state index contributed by atoms with van der Waals surface area (Å²) in [6, 6.07) is 0. The van der Waals surface area contributed by atoms with Crippen molar-refractivity contribution in [2.75, 3.05) is 13.1 Å². The van der Waals surface area contributed by atoms with Crippen molar-refractivity contribution in [3.05, 3.63) is 34.7 Å². The molecule has 2 N–H and O–H groups in total. The van der Waals surface area contributed by atoms with Crippen molar-refractivity contribution < 1.29 is 0 Å². The van der Waals surface area contributed by atoms with Gasteiger partial charge >= 0.3 is 0 Å². The quantitative estimate of drug-likeness (QED) is 0.891. The van der Waals surface area contributed by atoms with E-state index in [1.54, 1.807) is 0 Å². The molecule has 1 unspecified atom stereocenters. The number of aryl methyl sites for hydroxylation is 3. The van der Waals surface area contributed by atoms with Crippen LogP contribution in [0.15, 0.2) is 6.20 Å². The molecule has 0 aliphatic carbocycles. The Kier molecular flexibility index (Phi) is 5.20. The van der Waals surface area contributed by atoms with E-state index in [2.05, 4.69) is 27.1 Å². The number of piperidine rings is 1. The van der Waals surface area contributed by atoms with Gasteiger partial charge in [0.25, 0.3) is 0 Å². The van der Waals surface area contributed by atoms with Crippen LogP contribution in [0, 0.1) is 26.7 Å². The van der Waals surface area contributed by atoms with Gasteiger partial charge in [-0.2, -0.15) is 0 Å². The summed E-state index contributed by atoms with van der Waals surface area (Å²) in [5.41, 5.74) is 10.7. The highest BCUT2D eigenvalue weighted by Gasteiger charge is 2.22. The first-order chi connectivity index (χ1) is 11.5. The van der Waals surface area contributed by atoms with Crippen LogP contribution >= 0.6 is 0 Å². The number of hydrogen-bond acceptors (Lipinski definition) is 6. The topological polar surface area (TPSA) is 85.8 Å². The minimum Gasteiger partial charge on any atom is -0.325 e. The number of likely N-dealkylation sites (tertiary alicyclic amines) is 1. The van der Waals surface area contributed by atoms with Crippen LogP contribution in [0.2, 0.25) is 0 Å². The van der Waals surface area contributed by atoms with Crippen LogP contribution in [-0.4, -0.2) is 43.0 Å². The molecule has 3 rings (SSSR count). The normalized spacial score (nSPS) is 18.9. The maximum absolute atomic E-state index is 5.60. The second kappa shape index (κ2) is 7.36. The van der Waals surface area contributed by atoms with Gasteiger partial charge in [0.1, 0.15) is 0 Å². The van der Waals surface area contributed by atoms with Crippen molar-refractivity contribution in [1.29, 1.82) is 0 Å². The van der Waals surface area contributed by atoms with E-state index in [0.29, 0.717) is 12.5 Å². The van der Waals surface area contributed by atoms with Crippen LogP contribution < -0.4 is 5.73 Å². The highest BCUT2D eigenvalue weighted by Crippen LogP contribution is 2.20. The molecule has 0 radical (unpaired) electrons. The number of rotatable bonds is 5. The summed E-state index contributed by atoms with van der Waals surface area (Å²) < 4.78 is 1.93. The number of hydrogen-bond donors (Lipinski definition) is 1. The summed E-state index contributed by atoms with van der Waals surface area (Å²) in [5.74, 6) is 0.589. The summed E-state index contributed by atoms with van der Waals surface area (Å²) in [6.07, 6.45) is 4.39. The number of aromatic nitrogens is 5. The molecule has 130 valence electrons. The Bertz CT molecular complexity index is 694. The zero-order valence-electron chi connectivity index (χ0n) is 14.9. The third-order valence-corrected chi connectivity index (χ3v) is 4.80. The molecule has 0 aromatic carbocycles. The van der Waals surface area contributed by atoms with E-state index in [1.807, 2.05) is 24.7 Å². The van der Waals surface area contributed by atoms with E-state index in [-0.39, 0.29) is 0 Å². The molecule has 1 fully saturated rings. The van der Waals surface area contributed by atoms with Gasteiger partial charge in [-0.3, -0.25) is 19.5 Å². The molecule has 0 amide bonds. The minimum absolute atomic E-state index is 0.446. The third-order valence-electron chi connectivity index (χ3n) is 4.80. The fraction of sp³-hybridized carbons (Fsp3) is 0.647. The summed E-state index contributed by atoms with van der Waals surface area (Å²) in [7, 11) is 0. The van der Waals surface area contributed by atoms with Crippen molar-refractivity contribution in [1.82, 2.24) is 29.9 Å². The van der Waals surface area contributed by atoms with Gasteiger partial charge in [-0.1, -0.05) is 5.21 Å². The lowest BCUT2D eigenvalue weighted by molar-refractivity contribution is 0.151. The molecule has 0 bridgehead atoms. The molecule has 0 spiro atoms. The molecular formula is C17H27N7. The molecule has 1 atom stereocenters. The van der Waals surface area contributed by atoms with Gasteiger partial charge in [-0.05, 0) is 46.1 Å². The van der Waals surface area contributed by atoms with E-state index >= 15 is 0 Å². The standard InChI is InChI=1S/C17H27N7/c1-12-13(2)20-17(14(3)19-12)11-23-6-4-5-15(8-23)9-24-10-16(7-18)21-22-24/h10,15H,4-9,11,18H2,1-3H3. The molecule has 24 heavy (non-hydrogen) atoms. The molecule has 2 aromatic heterocycles. The molecule has 1 saturated heterocycles. The van der Waals surface area contributed by atoms with Gasteiger partial charge in [0.05, 0.1) is 28.5 Å². The maximum atomic E-state index is 5.60. The second-order valence-electron chi connectivity index (χ2n) is 6.81. The third kappa shape index (κ3) is 3.96. The molecule has 3 heterocycles. The van der Waals surface area contributed by atoms with E-state index in [0.717, 1.165) is 54.6 Å². The van der Waals surface area contributed by atoms with Crippen LogP contribution in [0.5, 0.6) is 0 Å². The van der Waals surface area contributed by atoms with Crippen LogP contribution in [0.4, 0.5) is 0 Å². The van der Waals surface area contributed by atoms with E-state index in [9.17, 15) is 0 Å². The summed E-state index contributed by atoms with van der Waals surface area (Å²) >= 11 is 0. The van der Waals surface area contributed by atoms with Crippen LogP contribution in [0.1, 0.15) is 41.3 Å². The summed E-state index contributed by atoms with van der Waals surface area (Å²) in [5, 5.41) is 8.24. The highest BCUT2D eigenvalue weighted by molar-refractivity contribution is 5.17. The monoisotopic (exact) mass is 329 g/mol. The first-order valence-electron chi connectivity index (χ1n) is 8.67. The Hall–Kier alpha value is -1.86. The van der Waals surface area contributed by atoms with Crippen molar-refractivity contribution >= 4 is 0 Å². The molecule has 7 nitrogen and oxygen atoms in total. The van der Waals surface area contributed by atoms with Gasteiger partial charge in [0.15, 0.2) is 0 Å². The van der Waals surface area contributed by atoms with Gasteiger partial charge in [-0.25, -0.2) is 0 Å². The number of nitrogens with two attached hydrogens (primary N) is 1. The van der Waals surface area contributed by atoms with Gasteiger partial charge in [-0.15, -0.1) is 5.10 Å². The van der Waals surface area contributed by atoms with Gasteiger partial charge < -0.3 is 5.73 Å². The predicted molar refractivity (Wildman–Crippen MR) is 92.2 cm³/mol. The minimum atomic E-state index is 0.446. The Morgan fingerprint density at radius 1 is 1.17 bits per heavy atom. The van der Waals surface area contributed by atoms with Crippen LogP contribution in [-0.2, 0) is 19.6 Å². The average Bonchev–Trinajstić information content (AvgIpc) is 3.00. The fourth-order valence-electron chi connectivity index (χ4n) is 3.35. The van der Waals surface area contributed by atoms with Gasteiger partial charge in [0.2, 0.25) is 0 Å². The molecule has 2 aromatic rings. The maximum Gasteiger partial charge on any atom is 0.0962 e. The average molecular weight is 329 g/mol. The molecule has 1 aliphatic heterocycles. The lowest BCUT2D eigenvalue weighted by atomic mass is 9.98. The van der Waals surface area contributed by atoms with Crippen LogP contribution in [0.25, 0.3) is 0 Å². The van der Waals surface area contributed by atoms with E-state index in [1.165, 1.54) is 12.8 Å². The molecular weight excluding hydrogens is 302 g/mol. The smallest absolute Gasteiger partial charge is 0.0962 e. The molecule has 0 saturated carbocycles. The van der Waals surface area contributed by atoms with Crippen LogP contribution in [0.3, 0.4) is 0 Å². The summed E-state index contributed by atoms with van der Waals surface area (Å²) in [6.45, 7) is 10.5. The van der Waals surface area contributed by atoms with E-state index in [4.69, 9.17) is 10.7 Å². The second-order valence-corrected chi connectivity index (χ2v) is 6.81. The Labute approximate surface area is 143 Å². The Balaban J connectivity index is 1.62. The van der Waals surface area contributed by atoms with Crippen molar-refractivity contribution in [2.45, 2.75) is 53.2 Å². The fourth-order valence-corrected chi connectivity index (χ4v) is 3.35. The van der Waals surface area contributed by atoms with Gasteiger partial charge in [0, 0.05) is 32.4 Å². The lowest BCUT2D eigenvalue weighted by Gasteiger charge is -2.32. The van der Waals surface area contributed by atoms with Crippen molar-refractivity contribution in [3.63, 3.8) is 0 Å². The lowest BCUT2D eigenvalue weighted by Crippen LogP contribution is -2.37. The van der Waals surface area contributed by atoms with Crippen molar-refractivity contribution in [3.8, 4) is 0 Å². The number of nitrogens with zero attached hydrogens (tertiary/aromatic N) is 6. The molecule has 1 aliphatic rings. The SMILES string of the molecule is Cc1nc(C)c(CN2CCCC(Cn3cc(CN)nn3)C2)nc1C. The zero-order valence-corrected chi connectivity index (χ0v) is 14.9.